The number of carbonyl (C=O) groups excluding carboxylic acids is 1. The van der Waals surface area contributed by atoms with Gasteiger partial charge in [-0.3, -0.25) is 4.79 Å². The van der Waals surface area contributed by atoms with E-state index < -0.39 is 0 Å². The summed E-state index contributed by atoms with van der Waals surface area (Å²) in [6.45, 7) is 7.13. The molecule has 3 aromatic rings. The number of rotatable bonds is 3. The van der Waals surface area contributed by atoms with Crippen LogP contribution in [0.2, 0.25) is 0 Å². The van der Waals surface area contributed by atoms with Gasteiger partial charge in [-0.05, 0) is 51.8 Å². The maximum Gasteiger partial charge on any atom is 0.255 e. The number of aryl methyl sites for hydroxylation is 2. The Kier molecular flexibility index (Phi) is 4.51. The van der Waals surface area contributed by atoms with Crippen molar-refractivity contribution in [3.05, 3.63) is 59.1 Å². The van der Waals surface area contributed by atoms with Gasteiger partial charge < -0.3 is 14.0 Å². The highest BCUT2D eigenvalue weighted by molar-refractivity contribution is 5.96. The van der Waals surface area contributed by atoms with E-state index in [2.05, 4.69) is 15.1 Å². The quantitative estimate of drug-likeness (QED) is 0.712. The molecule has 4 heterocycles. The number of hydrogen-bond acceptors (Lipinski definition) is 5. The van der Waals surface area contributed by atoms with E-state index in [0.29, 0.717) is 18.3 Å². The van der Waals surface area contributed by atoms with Crippen molar-refractivity contribution in [1.82, 2.24) is 24.6 Å². The summed E-state index contributed by atoms with van der Waals surface area (Å²) in [6.07, 6.45) is 3.65. The minimum Gasteiger partial charge on any atom is -0.339 e. The molecule has 4 rings (SSSR count). The predicted molar refractivity (Wildman–Crippen MR) is 100.0 cm³/mol. The first-order chi connectivity index (χ1) is 13.0. The van der Waals surface area contributed by atoms with Gasteiger partial charge in [0.2, 0.25) is 5.89 Å². The van der Waals surface area contributed by atoms with E-state index in [4.69, 9.17) is 4.52 Å². The Labute approximate surface area is 158 Å². The number of piperidine rings is 1. The highest BCUT2D eigenvalue weighted by Crippen LogP contribution is 2.28. The third kappa shape index (κ3) is 3.25. The standard InChI is InChI=1S/C20H23N5O2/c1-13-11-17(14(2)25(13)18-8-4-5-9-21-18)20(26)24-10-6-7-16(12-24)19-22-15(3)23-27-19/h4-5,8-9,11,16H,6-7,10,12H2,1-3H3. The summed E-state index contributed by atoms with van der Waals surface area (Å²) < 4.78 is 7.35. The van der Waals surface area contributed by atoms with Crippen LogP contribution < -0.4 is 0 Å². The van der Waals surface area contributed by atoms with Crippen LogP contribution in [-0.4, -0.2) is 43.6 Å². The van der Waals surface area contributed by atoms with Crippen LogP contribution >= 0.6 is 0 Å². The maximum absolute atomic E-state index is 13.2. The maximum atomic E-state index is 13.2. The Hall–Kier alpha value is -2.96. The Morgan fingerprint density at radius 2 is 2.11 bits per heavy atom. The molecule has 1 aliphatic rings. The molecule has 1 aliphatic heterocycles. The van der Waals surface area contributed by atoms with Crippen molar-refractivity contribution < 1.29 is 9.32 Å². The monoisotopic (exact) mass is 365 g/mol. The Morgan fingerprint density at radius 1 is 1.26 bits per heavy atom. The van der Waals surface area contributed by atoms with Crippen LogP contribution in [0.4, 0.5) is 0 Å². The lowest BCUT2D eigenvalue weighted by atomic mass is 9.97. The van der Waals surface area contributed by atoms with Crippen LogP contribution in [0.5, 0.6) is 0 Å². The molecule has 0 aromatic carbocycles. The van der Waals surface area contributed by atoms with Crippen molar-refractivity contribution in [2.24, 2.45) is 0 Å². The zero-order valence-corrected chi connectivity index (χ0v) is 15.8. The smallest absolute Gasteiger partial charge is 0.255 e. The minimum absolute atomic E-state index is 0.0474. The zero-order chi connectivity index (χ0) is 19.0. The molecule has 1 amide bonds. The average molecular weight is 365 g/mol. The van der Waals surface area contributed by atoms with Crippen LogP contribution in [-0.2, 0) is 0 Å². The fourth-order valence-corrected chi connectivity index (χ4v) is 3.83. The number of carbonyl (C=O) groups is 1. The Balaban J connectivity index is 1.59. The van der Waals surface area contributed by atoms with Gasteiger partial charge in [-0.25, -0.2) is 4.98 Å². The molecule has 0 N–H and O–H groups in total. The molecule has 7 heteroatoms. The third-order valence-corrected chi connectivity index (χ3v) is 5.14. The summed E-state index contributed by atoms with van der Waals surface area (Å²) in [5.41, 5.74) is 2.63. The first-order valence-electron chi connectivity index (χ1n) is 9.24. The third-order valence-electron chi connectivity index (χ3n) is 5.14. The predicted octanol–water partition coefficient (Wildman–Crippen LogP) is 3.20. The molecule has 0 radical (unpaired) electrons. The Bertz CT molecular complexity index is 960. The van der Waals surface area contributed by atoms with Crippen molar-refractivity contribution in [3.8, 4) is 5.82 Å². The van der Waals surface area contributed by atoms with Gasteiger partial charge >= 0.3 is 0 Å². The number of amides is 1. The van der Waals surface area contributed by atoms with Gasteiger partial charge in [-0.2, -0.15) is 4.98 Å². The van der Waals surface area contributed by atoms with E-state index >= 15 is 0 Å². The van der Waals surface area contributed by atoms with E-state index in [-0.39, 0.29) is 11.8 Å². The van der Waals surface area contributed by atoms with E-state index in [1.54, 1.807) is 6.20 Å². The van der Waals surface area contributed by atoms with Crippen molar-refractivity contribution in [2.75, 3.05) is 13.1 Å². The molecule has 3 aromatic heterocycles. The lowest BCUT2D eigenvalue weighted by Crippen LogP contribution is -2.39. The van der Waals surface area contributed by atoms with Crippen molar-refractivity contribution in [1.29, 1.82) is 0 Å². The number of likely N-dealkylation sites (tertiary alicyclic amines) is 1. The summed E-state index contributed by atoms with van der Waals surface area (Å²) in [5.74, 6) is 2.23. The van der Waals surface area contributed by atoms with Gasteiger partial charge in [-0.1, -0.05) is 11.2 Å². The molecular formula is C20H23N5O2. The normalized spacial score (nSPS) is 17.3. The molecular weight excluding hydrogens is 342 g/mol. The molecule has 140 valence electrons. The number of pyridine rings is 1. The summed E-state index contributed by atoms with van der Waals surface area (Å²) in [6, 6.07) is 7.73. The van der Waals surface area contributed by atoms with Crippen LogP contribution in [0.3, 0.4) is 0 Å². The fraction of sp³-hybridized carbons (Fsp3) is 0.400. The number of hydrogen-bond donors (Lipinski definition) is 0. The molecule has 27 heavy (non-hydrogen) atoms. The van der Waals surface area contributed by atoms with Gasteiger partial charge in [0.1, 0.15) is 5.82 Å². The van der Waals surface area contributed by atoms with Crippen LogP contribution in [0.15, 0.2) is 35.0 Å². The van der Waals surface area contributed by atoms with Crippen molar-refractivity contribution in [3.63, 3.8) is 0 Å². The largest absolute Gasteiger partial charge is 0.339 e. The second-order valence-electron chi connectivity index (χ2n) is 7.08. The molecule has 0 bridgehead atoms. The molecule has 1 atom stereocenters. The summed E-state index contributed by atoms with van der Waals surface area (Å²) in [7, 11) is 0. The second kappa shape index (κ2) is 6.98. The lowest BCUT2D eigenvalue weighted by molar-refractivity contribution is 0.0695. The molecule has 1 unspecified atom stereocenters. The highest BCUT2D eigenvalue weighted by Gasteiger charge is 2.30. The highest BCUT2D eigenvalue weighted by atomic mass is 16.5. The first kappa shape index (κ1) is 17.5. The number of aromatic nitrogens is 4. The Morgan fingerprint density at radius 3 is 2.81 bits per heavy atom. The number of nitrogens with zero attached hydrogens (tertiary/aromatic N) is 5. The zero-order valence-electron chi connectivity index (χ0n) is 15.8. The molecule has 1 fully saturated rings. The van der Waals surface area contributed by atoms with Gasteiger partial charge in [0.05, 0.1) is 11.5 Å². The van der Waals surface area contributed by atoms with Crippen molar-refractivity contribution in [2.45, 2.75) is 39.5 Å². The van der Waals surface area contributed by atoms with E-state index in [1.165, 1.54) is 0 Å². The van der Waals surface area contributed by atoms with E-state index in [1.807, 2.05) is 54.5 Å². The first-order valence-corrected chi connectivity index (χ1v) is 9.24. The summed E-state index contributed by atoms with van der Waals surface area (Å²) in [5, 5.41) is 3.88. The van der Waals surface area contributed by atoms with Crippen LogP contribution in [0, 0.1) is 20.8 Å². The second-order valence-corrected chi connectivity index (χ2v) is 7.08. The molecule has 1 saturated heterocycles. The van der Waals surface area contributed by atoms with E-state index in [9.17, 15) is 4.79 Å². The van der Waals surface area contributed by atoms with Gasteiger partial charge in [0.25, 0.3) is 5.91 Å². The fourth-order valence-electron chi connectivity index (χ4n) is 3.83. The molecule has 7 nitrogen and oxygen atoms in total. The van der Waals surface area contributed by atoms with Gasteiger partial charge in [0, 0.05) is 30.7 Å². The molecule has 0 aliphatic carbocycles. The van der Waals surface area contributed by atoms with Gasteiger partial charge in [0.15, 0.2) is 5.82 Å². The van der Waals surface area contributed by atoms with Crippen LogP contribution in [0.1, 0.15) is 52.2 Å². The molecule has 0 spiro atoms. The summed E-state index contributed by atoms with van der Waals surface area (Å²) in [4.78, 5) is 23.9. The SMILES string of the molecule is Cc1noc(C2CCCN(C(=O)c3cc(C)n(-c4ccccn4)c3C)C2)n1. The van der Waals surface area contributed by atoms with Gasteiger partial charge in [-0.15, -0.1) is 0 Å². The average Bonchev–Trinajstić information content (AvgIpc) is 3.25. The topological polar surface area (TPSA) is 77.0 Å². The van der Waals surface area contributed by atoms with Crippen LogP contribution in [0.25, 0.3) is 5.82 Å². The van der Waals surface area contributed by atoms with E-state index in [0.717, 1.165) is 42.2 Å². The lowest BCUT2D eigenvalue weighted by Gasteiger charge is -2.31. The summed E-state index contributed by atoms with van der Waals surface area (Å²) >= 11 is 0. The molecule has 0 saturated carbocycles. The van der Waals surface area contributed by atoms with Crippen molar-refractivity contribution >= 4 is 5.91 Å². The minimum atomic E-state index is 0.0474.